The van der Waals surface area contributed by atoms with E-state index in [1.807, 2.05) is 19.9 Å². The van der Waals surface area contributed by atoms with E-state index in [9.17, 15) is 4.39 Å². The topological polar surface area (TPSA) is 41.3 Å². The summed E-state index contributed by atoms with van der Waals surface area (Å²) < 4.78 is 13.8. The molecule has 0 radical (unpaired) electrons. The summed E-state index contributed by atoms with van der Waals surface area (Å²) in [4.78, 5) is 2.25. The first-order valence-corrected chi connectivity index (χ1v) is 10.3. The van der Waals surface area contributed by atoms with Crippen LogP contribution in [0.5, 0.6) is 0 Å². The van der Waals surface area contributed by atoms with Gasteiger partial charge in [-0.3, -0.25) is 0 Å². The number of hydrogen-bond donors (Lipinski definition) is 2. The Morgan fingerprint density at radius 2 is 2.10 bits per heavy atom. The summed E-state index contributed by atoms with van der Waals surface area (Å²) in [7, 11) is 0. The number of nitrogens with two attached hydrogens (primary N) is 1. The molecule has 1 fully saturated rings. The Kier molecular flexibility index (Phi) is 7.89. The van der Waals surface area contributed by atoms with E-state index < -0.39 is 0 Å². The van der Waals surface area contributed by atoms with Gasteiger partial charge in [-0.05, 0) is 68.5 Å². The molecule has 3 N–H and O–H groups in total. The third-order valence-corrected chi connectivity index (χ3v) is 5.33. The lowest BCUT2D eigenvalue weighted by molar-refractivity contribution is 0.557. The van der Waals surface area contributed by atoms with E-state index in [1.165, 1.54) is 17.7 Å². The van der Waals surface area contributed by atoms with Crippen LogP contribution in [0.3, 0.4) is 0 Å². The fraction of sp³-hybridized carbons (Fsp3) is 0.360. The number of anilines is 1. The second-order valence-corrected chi connectivity index (χ2v) is 7.59. The molecule has 0 bridgehead atoms. The Morgan fingerprint density at radius 1 is 1.38 bits per heavy atom. The number of rotatable bonds is 7. The summed E-state index contributed by atoms with van der Waals surface area (Å²) in [6, 6.07) is 4.66. The van der Waals surface area contributed by atoms with Crippen LogP contribution < -0.4 is 11.1 Å². The van der Waals surface area contributed by atoms with Crippen molar-refractivity contribution >= 4 is 11.4 Å². The molecule has 0 saturated carbocycles. The summed E-state index contributed by atoms with van der Waals surface area (Å²) in [5.41, 5.74) is 12.0. The Labute approximate surface area is 175 Å². The average Bonchev–Trinajstić information content (AvgIpc) is 3.14. The van der Waals surface area contributed by atoms with Gasteiger partial charge in [-0.1, -0.05) is 44.2 Å². The zero-order valence-electron chi connectivity index (χ0n) is 18.3. The molecule has 3 nitrogen and oxygen atoms in total. The first-order chi connectivity index (χ1) is 13.8. The highest BCUT2D eigenvalue weighted by molar-refractivity contribution is 5.79. The minimum Gasteiger partial charge on any atom is -0.398 e. The first-order valence-electron chi connectivity index (χ1n) is 10.3. The maximum atomic E-state index is 13.8. The Bertz CT molecular complexity index is 874. The van der Waals surface area contributed by atoms with Gasteiger partial charge in [0, 0.05) is 24.3 Å². The number of hydrogen-bond acceptors (Lipinski definition) is 3. The fourth-order valence-electron chi connectivity index (χ4n) is 3.63. The van der Waals surface area contributed by atoms with Crippen molar-refractivity contribution in [2.24, 2.45) is 5.92 Å². The molecule has 0 amide bonds. The summed E-state index contributed by atoms with van der Waals surface area (Å²) in [5, 5.41) is 3.43. The molecule has 0 aromatic heterocycles. The smallest absolute Gasteiger partial charge is 0.125 e. The van der Waals surface area contributed by atoms with Crippen LogP contribution in [0.25, 0.3) is 5.70 Å². The lowest BCUT2D eigenvalue weighted by Gasteiger charge is -2.28. The zero-order valence-corrected chi connectivity index (χ0v) is 18.3. The second-order valence-electron chi connectivity index (χ2n) is 7.59. The molecule has 1 atom stereocenters. The SMILES string of the molecule is C=C(C)\C=C/C=C(/C(C)=C(\c1ccc(F)cc1N)N1CCN/C1=C/C)C(C)CC. The van der Waals surface area contributed by atoms with Crippen molar-refractivity contribution in [1.29, 1.82) is 0 Å². The number of nitrogens with zero attached hydrogens (tertiary/aromatic N) is 1. The maximum absolute atomic E-state index is 13.8. The molecule has 1 aliphatic heterocycles. The molecule has 1 unspecified atom stereocenters. The van der Waals surface area contributed by atoms with E-state index in [0.29, 0.717) is 11.6 Å². The van der Waals surface area contributed by atoms with Crippen LogP contribution in [0.4, 0.5) is 10.1 Å². The number of nitrogen functional groups attached to an aromatic ring is 1. The molecular weight excluding hydrogens is 361 g/mol. The van der Waals surface area contributed by atoms with Gasteiger partial charge in [-0.15, -0.1) is 0 Å². The monoisotopic (exact) mass is 395 g/mol. The van der Waals surface area contributed by atoms with Gasteiger partial charge in [0.25, 0.3) is 0 Å². The van der Waals surface area contributed by atoms with Crippen LogP contribution in [-0.4, -0.2) is 18.0 Å². The van der Waals surface area contributed by atoms with Crippen molar-refractivity contribution in [3.05, 3.63) is 83.0 Å². The van der Waals surface area contributed by atoms with Gasteiger partial charge in [-0.2, -0.15) is 0 Å². The minimum atomic E-state index is -0.323. The molecule has 4 heteroatoms. The molecule has 1 aromatic rings. The number of benzene rings is 1. The average molecular weight is 396 g/mol. The summed E-state index contributed by atoms with van der Waals surface area (Å²) in [6.07, 6.45) is 9.31. The van der Waals surface area contributed by atoms with Gasteiger partial charge in [0.15, 0.2) is 0 Å². The predicted molar refractivity (Wildman–Crippen MR) is 123 cm³/mol. The van der Waals surface area contributed by atoms with Gasteiger partial charge >= 0.3 is 0 Å². The molecule has 2 rings (SSSR count). The van der Waals surface area contributed by atoms with E-state index in [-0.39, 0.29) is 5.82 Å². The molecule has 29 heavy (non-hydrogen) atoms. The maximum Gasteiger partial charge on any atom is 0.125 e. The predicted octanol–water partition coefficient (Wildman–Crippen LogP) is 6.01. The fourth-order valence-corrected chi connectivity index (χ4v) is 3.63. The molecule has 156 valence electrons. The quantitative estimate of drug-likeness (QED) is 0.439. The Morgan fingerprint density at radius 3 is 2.69 bits per heavy atom. The minimum absolute atomic E-state index is 0.323. The third-order valence-electron chi connectivity index (χ3n) is 5.33. The molecule has 1 heterocycles. The molecule has 1 aromatic carbocycles. The molecular formula is C25H34FN3. The van der Waals surface area contributed by atoms with Crippen LogP contribution in [0, 0.1) is 11.7 Å². The zero-order chi connectivity index (χ0) is 21.6. The first kappa shape index (κ1) is 22.5. The number of nitrogens with one attached hydrogen (secondary N) is 1. The van der Waals surface area contributed by atoms with Crippen LogP contribution in [0.1, 0.15) is 46.6 Å². The van der Waals surface area contributed by atoms with E-state index >= 15 is 0 Å². The lowest BCUT2D eigenvalue weighted by atomic mass is 9.88. The van der Waals surface area contributed by atoms with Crippen molar-refractivity contribution in [3.63, 3.8) is 0 Å². The van der Waals surface area contributed by atoms with Crippen LogP contribution in [-0.2, 0) is 0 Å². The summed E-state index contributed by atoms with van der Waals surface area (Å²) >= 11 is 0. The van der Waals surface area contributed by atoms with Crippen molar-refractivity contribution in [3.8, 4) is 0 Å². The lowest BCUT2D eigenvalue weighted by Crippen LogP contribution is -2.21. The van der Waals surface area contributed by atoms with E-state index in [2.05, 4.69) is 55.8 Å². The van der Waals surface area contributed by atoms with E-state index in [4.69, 9.17) is 5.73 Å². The van der Waals surface area contributed by atoms with Gasteiger partial charge in [-0.25, -0.2) is 4.39 Å². The van der Waals surface area contributed by atoms with Crippen molar-refractivity contribution in [2.75, 3.05) is 18.8 Å². The van der Waals surface area contributed by atoms with Crippen LogP contribution >= 0.6 is 0 Å². The van der Waals surface area contributed by atoms with Gasteiger partial charge in [0.2, 0.25) is 0 Å². The normalized spacial score (nSPS) is 18.2. The summed E-state index contributed by atoms with van der Waals surface area (Å²) in [5.74, 6) is 1.09. The number of allylic oxidation sites excluding steroid dienone is 7. The standard InChI is InChI=1S/C25H34FN3/c1-7-18(5)21(11-9-10-17(3)4)19(6)25(29-15-14-28-24(29)8-2)22-13-12-20(26)16-23(22)27/h8-13,16,18,28H,3,7,14-15,27H2,1-2,4-6H3/b10-9-,21-11+,24-8-,25-19+. The molecule has 0 aliphatic carbocycles. The van der Waals surface area contributed by atoms with Gasteiger partial charge in [0.1, 0.15) is 11.6 Å². The van der Waals surface area contributed by atoms with Crippen molar-refractivity contribution in [1.82, 2.24) is 10.2 Å². The van der Waals surface area contributed by atoms with Crippen molar-refractivity contribution in [2.45, 2.75) is 41.0 Å². The molecule has 1 aliphatic rings. The van der Waals surface area contributed by atoms with E-state index in [1.54, 1.807) is 6.07 Å². The second kappa shape index (κ2) is 10.1. The van der Waals surface area contributed by atoms with E-state index in [0.717, 1.165) is 47.7 Å². The largest absolute Gasteiger partial charge is 0.398 e. The highest BCUT2D eigenvalue weighted by atomic mass is 19.1. The molecule has 0 spiro atoms. The Balaban J connectivity index is 2.74. The highest BCUT2D eigenvalue weighted by Crippen LogP contribution is 2.36. The molecule has 1 saturated heterocycles. The van der Waals surface area contributed by atoms with Crippen LogP contribution in [0.2, 0.25) is 0 Å². The third kappa shape index (κ3) is 5.41. The highest BCUT2D eigenvalue weighted by Gasteiger charge is 2.26. The van der Waals surface area contributed by atoms with Crippen molar-refractivity contribution < 1.29 is 4.39 Å². The summed E-state index contributed by atoms with van der Waals surface area (Å²) in [6.45, 7) is 16.2. The van der Waals surface area contributed by atoms with Gasteiger partial charge in [0.05, 0.1) is 5.70 Å². The van der Waals surface area contributed by atoms with Gasteiger partial charge < -0.3 is 16.0 Å². The Hall–Kier alpha value is -2.75. The van der Waals surface area contributed by atoms with Crippen LogP contribution in [0.15, 0.2) is 71.6 Å². The number of halogens is 1.